The van der Waals surface area contributed by atoms with Gasteiger partial charge in [0, 0.05) is 18.3 Å². The predicted octanol–water partition coefficient (Wildman–Crippen LogP) is 3.92. The number of benzene rings is 1. The van der Waals surface area contributed by atoms with Crippen LogP contribution in [-0.2, 0) is 6.54 Å². The second-order valence-electron chi connectivity index (χ2n) is 4.05. The van der Waals surface area contributed by atoms with Crippen molar-refractivity contribution in [2.45, 2.75) is 13.5 Å². The van der Waals surface area contributed by atoms with E-state index in [0.717, 1.165) is 12.6 Å². The standard InChI is InChI=1S/C14H13ClF2N2O/c1-2-18-8-9-5-6-19-14(13(9)17)20-12-4-3-10(16)7-11(12)15/h3-7,18H,2,8H2,1H3. The molecule has 0 aliphatic heterocycles. The summed E-state index contributed by atoms with van der Waals surface area (Å²) in [4.78, 5) is 3.83. The molecular weight excluding hydrogens is 286 g/mol. The van der Waals surface area contributed by atoms with Crippen LogP contribution in [0.15, 0.2) is 30.5 Å². The number of ether oxygens (including phenoxy) is 1. The van der Waals surface area contributed by atoms with Crippen molar-refractivity contribution >= 4 is 11.6 Å². The third-order valence-electron chi connectivity index (χ3n) is 2.60. The molecule has 0 atom stereocenters. The second-order valence-corrected chi connectivity index (χ2v) is 4.45. The molecular formula is C14H13ClF2N2O. The van der Waals surface area contributed by atoms with Crippen LogP contribution in [0.25, 0.3) is 0 Å². The molecule has 106 valence electrons. The minimum Gasteiger partial charge on any atom is -0.435 e. The van der Waals surface area contributed by atoms with E-state index in [0.29, 0.717) is 12.1 Å². The molecule has 0 saturated carbocycles. The number of rotatable bonds is 5. The van der Waals surface area contributed by atoms with Crippen LogP contribution in [0.4, 0.5) is 8.78 Å². The van der Waals surface area contributed by atoms with Gasteiger partial charge in [0.25, 0.3) is 5.88 Å². The van der Waals surface area contributed by atoms with Crippen LogP contribution in [0.5, 0.6) is 11.6 Å². The maximum atomic E-state index is 14.1. The Morgan fingerprint density at radius 1 is 1.30 bits per heavy atom. The summed E-state index contributed by atoms with van der Waals surface area (Å²) in [7, 11) is 0. The van der Waals surface area contributed by atoms with E-state index in [1.54, 1.807) is 6.07 Å². The molecule has 0 saturated heterocycles. The van der Waals surface area contributed by atoms with Gasteiger partial charge < -0.3 is 10.1 Å². The maximum absolute atomic E-state index is 14.1. The summed E-state index contributed by atoms with van der Waals surface area (Å²) in [6, 6.07) is 5.17. The van der Waals surface area contributed by atoms with Gasteiger partial charge in [-0.25, -0.2) is 13.8 Å². The number of aromatic nitrogens is 1. The van der Waals surface area contributed by atoms with Gasteiger partial charge in [-0.2, -0.15) is 0 Å². The second kappa shape index (κ2) is 6.63. The van der Waals surface area contributed by atoms with Gasteiger partial charge in [0.1, 0.15) is 11.6 Å². The monoisotopic (exact) mass is 298 g/mol. The van der Waals surface area contributed by atoms with Crippen LogP contribution in [-0.4, -0.2) is 11.5 Å². The largest absolute Gasteiger partial charge is 0.435 e. The zero-order valence-corrected chi connectivity index (χ0v) is 11.5. The molecule has 0 fully saturated rings. The molecule has 3 nitrogen and oxygen atoms in total. The first-order valence-corrected chi connectivity index (χ1v) is 6.46. The SMILES string of the molecule is CCNCc1ccnc(Oc2ccc(F)cc2Cl)c1F. The molecule has 0 unspecified atom stereocenters. The van der Waals surface area contributed by atoms with E-state index in [1.807, 2.05) is 6.92 Å². The normalized spacial score (nSPS) is 10.6. The average molecular weight is 299 g/mol. The van der Waals surface area contributed by atoms with Crippen LogP contribution in [0.2, 0.25) is 5.02 Å². The lowest BCUT2D eigenvalue weighted by molar-refractivity contribution is 0.417. The van der Waals surface area contributed by atoms with Gasteiger partial charge >= 0.3 is 0 Å². The van der Waals surface area contributed by atoms with E-state index in [4.69, 9.17) is 16.3 Å². The fourth-order valence-electron chi connectivity index (χ4n) is 1.59. The Morgan fingerprint density at radius 2 is 2.10 bits per heavy atom. The summed E-state index contributed by atoms with van der Waals surface area (Å²) in [6.07, 6.45) is 1.45. The fourth-order valence-corrected chi connectivity index (χ4v) is 1.80. The van der Waals surface area contributed by atoms with Gasteiger partial charge in [-0.3, -0.25) is 0 Å². The molecule has 0 radical (unpaired) electrons. The summed E-state index contributed by atoms with van der Waals surface area (Å²) in [5.41, 5.74) is 0.440. The Kier molecular flexibility index (Phi) is 4.87. The summed E-state index contributed by atoms with van der Waals surface area (Å²) in [5.74, 6) is -1.08. The molecule has 2 rings (SSSR count). The lowest BCUT2D eigenvalue weighted by Crippen LogP contribution is -2.13. The summed E-state index contributed by atoms with van der Waals surface area (Å²) < 4.78 is 32.4. The van der Waals surface area contributed by atoms with Crippen LogP contribution < -0.4 is 10.1 Å². The zero-order valence-electron chi connectivity index (χ0n) is 10.8. The first kappa shape index (κ1) is 14.7. The number of halogens is 3. The van der Waals surface area contributed by atoms with Crippen molar-refractivity contribution in [1.29, 1.82) is 0 Å². The first-order chi connectivity index (χ1) is 9.61. The molecule has 1 heterocycles. The molecule has 0 bridgehead atoms. The predicted molar refractivity (Wildman–Crippen MR) is 73.1 cm³/mol. The Balaban J connectivity index is 2.24. The maximum Gasteiger partial charge on any atom is 0.256 e. The number of nitrogens with zero attached hydrogens (tertiary/aromatic N) is 1. The van der Waals surface area contributed by atoms with Gasteiger partial charge in [0.2, 0.25) is 0 Å². The molecule has 1 N–H and O–H groups in total. The molecule has 1 aromatic heterocycles. The van der Waals surface area contributed by atoms with Gasteiger partial charge in [-0.1, -0.05) is 18.5 Å². The van der Waals surface area contributed by atoms with Crippen LogP contribution in [0.1, 0.15) is 12.5 Å². The molecule has 0 spiro atoms. The molecule has 2 aromatic rings. The summed E-state index contributed by atoms with van der Waals surface area (Å²) in [5, 5.41) is 3.07. The van der Waals surface area contributed by atoms with E-state index in [1.165, 1.54) is 18.3 Å². The molecule has 20 heavy (non-hydrogen) atoms. The van der Waals surface area contributed by atoms with Crippen molar-refractivity contribution in [2.24, 2.45) is 0 Å². The van der Waals surface area contributed by atoms with Crippen molar-refractivity contribution in [2.75, 3.05) is 6.54 Å². The number of nitrogens with one attached hydrogen (secondary N) is 1. The van der Waals surface area contributed by atoms with Crippen LogP contribution >= 0.6 is 11.6 Å². The summed E-state index contributed by atoms with van der Waals surface area (Å²) >= 11 is 5.83. The van der Waals surface area contributed by atoms with E-state index in [2.05, 4.69) is 10.3 Å². The Hall–Kier alpha value is -1.72. The van der Waals surface area contributed by atoms with E-state index in [9.17, 15) is 8.78 Å². The highest BCUT2D eigenvalue weighted by molar-refractivity contribution is 6.32. The molecule has 0 amide bonds. The van der Waals surface area contributed by atoms with E-state index in [-0.39, 0.29) is 16.7 Å². The first-order valence-electron chi connectivity index (χ1n) is 6.08. The fraction of sp³-hybridized carbons (Fsp3) is 0.214. The molecule has 0 aliphatic rings. The quantitative estimate of drug-likeness (QED) is 0.908. The molecule has 1 aromatic carbocycles. The number of pyridine rings is 1. The topological polar surface area (TPSA) is 34.2 Å². The van der Waals surface area contributed by atoms with Crippen molar-refractivity contribution in [3.8, 4) is 11.6 Å². The highest BCUT2D eigenvalue weighted by atomic mass is 35.5. The highest BCUT2D eigenvalue weighted by Gasteiger charge is 2.13. The molecule has 6 heteroatoms. The Morgan fingerprint density at radius 3 is 2.80 bits per heavy atom. The van der Waals surface area contributed by atoms with Gasteiger partial charge in [0.15, 0.2) is 5.82 Å². The molecule has 0 aliphatic carbocycles. The van der Waals surface area contributed by atoms with Gasteiger partial charge in [-0.05, 0) is 30.8 Å². The Labute approximate surface area is 120 Å². The van der Waals surface area contributed by atoms with Crippen molar-refractivity contribution in [1.82, 2.24) is 10.3 Å². The number of hydrogen-bond donors (Lipinski definition) is 1. The van der Waals surface area contributed by atoms with Gasteiger partial charge in [-0.15, -0.1) is 0 Å². The van der Waals surface area contributed by atoms with Crippen molar-refractivity contribution in [3.05, 3.63) is 52.7 Å². The van der Waals surface area contributed by atoms with E-state index < -0.39 is 11.6 Å². The van der Waals surface area contributed by atoms with Crippen LogP contribution in [0, 0.1) is 11.6 Å². The number of hydrogen-bond acceptors (Lipinski definition) is 3. The smallest absolute Gasteiger partial charge is 0.256 e. The van der Waals surface area contributed by atoms with Crippen molar-refractivity contribution in [3.63, 3.8) is 0 Å². The minimum absolute atomic E-state index is 0.0586. The Bertz CT molecular complexity index is 608. The van der Waals surface area contributed by atoms with Crippen LogP contribution in [0.3, 0.4) is 0 Å². The highest BCUT2D eigenvalue weighted by Crippen LogP contribution is 2.30. The van der Waals surface area contributed by atoms with Crippen molar-refractivity contribution < 1.29 is 13.5 Å². The summed E-state index contributed by atoms with van der Waals surface area (Å²) in [6.45, 7) is 3.02. The third-order valence-corrected chi connectivity index (χ3v) is 2.90. The average Bonchev–Trinajstić information content (AvgIpc) is 2.42. The van der Waals surface area contributed by atoms with Gasteiger partial charge in [0.05, 0.1) is 5.02 Å². The zero-order chi connectivity index (χ0) is 14.5. The lowest BCUT2D eigenvalue weighted by atomic mass is 10.2. The third kappa shape index (κ3) is 3.43. The van der Waals surface area contributed by atoms with E-state index >= 15 is 0 Å². The minimum atomic E-state index is -0.561. The lowest BCUT2D eigenvalue weighted by Gasteiger charge is -2.10.